The molecule has 2 aromatic heterocycles. The minimum absolute atomic E-state index is 0.0746. The Bertz CT molecular complexity index is 1350. The number of pyridine rings is 1. The number of nitrogens with zero attached hydrogens (tertiary/aromatic N) is 3. The number of aliphatic hydroxyl groups excluding tert-OH is 1. The Kier molecular flexibility index (Phi) is 14.4. The van der Waals surface area contributed by atoms with Gasteiger partial charge in [0.25, 0.3) is 5.91 Å². The number of allylic oxidation sites excluding steroid dienone is 6. The lowest BCUT2D eigenvalue weighted by molar-refractivity contribution is 0.0957. The molecule has 3 rings (SSSR count). The summed E-state index contributed by atoms with van der Waals surface area (Å²) in [6.45, 7) is 13.3. The van der Waals surface area contributed by atoms with Crippen LogP contribution in [0.3, 0.4) is 0 Å². The largest absolute Gasteiger partial charge is 0.513 e. The van der Waals surface area contributed by atoms with Gasteiger partial charge < -0.3 is 15.2 Å². The summed E-state index contributed by atoms with van der Waals surface area (Å²) >= 11 is 0. The van der Waals surface area contributed by atoms with Gasteiger partial charge in [0, 0.05) is 18.9 Å². The van der Waals surface area contributed by atoms with Crippen molar-refractivity contribution in [1.82, 2.24) is 20.4 Å². The Morgan fingerprint density at radius 2 is 1.81 bits per heavy atom. The van der Waals surface area contributed by atoms with Crippen molar-refractivity contribution < 1.29 is 19.0 Å². The highest BCUT2D eigenvalue weighted by molar-refractivity contribution is 5.93. The number of nitrogens with one attached hydrogen (secondary N) is 3. The molecule has 0 aliphatic rings. The molecule has 0 spiro atoms. The van der Waals surface area contributed by atoms with Crippen molar-refractivity contribution in [2.45, 2.75) is 48.0 Å². The minimum Gasteiger partial charge on any atom is -0.513 e. The quantitative estimate of drug-likeness (QED) is 0.0766. The maximum atomic E-state index is 13.2. The van der Waals surface area contributed by atoms with Gasteiger partial charge in [0.1, 0.15) is 5.69 Å². The average Bonchev–Trinajstić information content (AvgIpc) is 2.97. The van der Waals surface area contributed by atoms with Crippen LogP contribution in [-0.4, -0.2) is 39.2 Å². The molecular formula is C32H41FN6O3. The third-order valence-corrected chi connectivity index (χ3v) is 5.43. The second kappa shape index (κ2) is 18.0. The number of anilines is 3. The summed E-state index contributed by atoms with van der Waals surface area (Å²) < 4.78 is 18.5. The number of aromatic nitrogens is 3. The normalized spacial score (nSPS) is 11.7. The fourth-order valence-corrected chi connectivity index (χ4v) is 3.32. The molecule has 3 aromatic rings. The predicted molar refractivity (Wildman–Crippen MR) is 167 cm³/mol. The predicted octanol–water partition coefficient (Wildman–Crippen LogP) is 7.31. The molecule has 0 saturated carbocycles. The standard InChI is InChI=1S/C25H25FN6O2.C7H16O/c1-4-18(7-5-6-16(2)33)19-8-10-20(11-9-19)30-21-12-13-23(27-14-21)24(34)31-32-25-28-15-22(26)17(3)29-25;1-4-5-8-6-7(2)3/h4-15,30,33H,1-3H3,(H,31,34)(H,28,29,32);7H,4-6H2,1-3H3/b7-5-,16-6+,18-4+;. The maximum absolute atomic E-state index is 13.2. The molecule has 0 bridgehead atoms. The van der Waals surface area contributed by atoms with Crippen molar-refractivity contribution >= 4 is 28.8 Å². The zero-order valence-corrected chi connectivity index (χ0v) is 25.1. The molecule has 9 nitrogen and oxygen atoms in total. The summed E-state index contributed by atoms with van der Waals surface area (Å²) in [6, 6.07) is 11.2. The number of benzene rings is 1. The molecule has 0 saturated heterocycles. The van der Waals surface area contributed by atoms with Gasteiger partial charge in [0.05, 0.1) is 29.5 Å². The van der Waals surface area contributed by atoms with Crippen LogP contribution in [0.1, 0.15) is 62.8 Å². The number of carbonyl (C=O) groups is 1. The van der Waals surface area contributed by atoms with E-state index in [0.29, 0.717) is 11.6 Å². The summed E-state index contributed by atoms with van der Waals surface area (Å²) in [7, 11) is 0. The van der Waals surface area contributed by atoms with Crippen molar-refractivity contribution in [2.75, 3.05) is 24.0 Å². The fourth-order valence-electron chi connectivity index (χ4n) is 3.32. The van der Waals surface area contributed by atoms with Crippen molar-refractivity contribution in [3.8, 4) is 0 Å². The summed E-state index contributed by atoms with van der Waals surface area (Å²) in [4.78, 5) is 24.1. The number of halogens is 1. The Hall–Kier alpha value is -4.57. The first-order chi connectivity index (χ1) is 20.1. The summed E-state index contributed by atoms with van der Waals surface area (Å²) in [6.07, 6.45) is 11.0. The van der Waals surface area contributed by atoms with Gasteiger partial charge in [-0.1, -0.05) is 51.1 Å². The van der Waals surface area contributed by atoms with Crippen LogP contribution in [0.2, 0.25) is 0 Å². The van der Waals surface area contributed by atoms with Gasteiger partial charge in [0.2, 0.25) is 5.95 Å². The lowest BCUT2D eigenvalue weighted by Crippen LogP contribution is -2.31. The van der Waals surface area contributed by atoms with Gasteiger partial charge in [-0.2, -0.15) is 0 Å². The Labute approximate surface area is 247 Å². The van der Waals surface area contributed by atoms with E-state index in [1.54, 1.807) is 37.4 Å². The van der Waals surface area contributed by atoms with Crippen LogP contribution in [0.15, 0.2) is 78.9 Å². The third-order valence-electron chi connectivity index (χ3n) is 5.43. The first-order valence-electron chi connectivity index (χ1n) is 13.8. The second-order valence-electron chi connectivity index (χ2n) is 9.72. The van der Waals surface area contributed by atoms with Gasteiger partial charge >= 0.3 is 0 Å². The van der Waals surface area contributed by atoms with E-state index < -0.39 is 11.7 Å². The number of carbonyl (C=O) groups excluding carboxylic acids is 1. The van der Waals surface area contributed by atoms with E-state index in [1.165, 1.54) is 6.92 Å². The van der Waals surface area contributed by atoms with Crippen molar-refractivity contribution in [3.05, 3.63) is 102 Å². The number of hydrogen-bond acceptors (Lipinski definition) is 8. The van der Waals surface area contributed by atoms with Gasteiger partial charge in [-0.05, 0) is 74.6 Å². The van der Waals surface area contributed by atoms with E-state index in [1.807, 2.05) is 43.3 Å². The number of ether oxygens (including phenoxy) is 1. The van der Waals surface area contributed by atoms with Crippen LogP contribution in [0.5, 0.6) is 0 Å². The lowest BCUT2D eigenvalue weighted by atomic mass is 10.0. The summed E-state index contributed by atoms with van der Waals surface area (Å²) in [5.41, 5.74) is 8.94. The smallest absolute Gasteiger partial charge is 0.288 e. The fraction of sp³-hybridized carbons (Fsp3) is 0.312. The number of hydrazine groups is 1. The van der Waals surface area contributed by atoms with Crippen LogP contribution in [0, 0.1) is 18.7 Å². The molecule has 1 amide bonds. The molecular weight excluding hydrogens is 535 g/mol. The topological polar surface area (TPSA) is 121 Å². The Morgan fingerprint density at radius 3 is 2.38 bits per heavy atom. The van der Waals surface area contributed by atoms with Crippen molar-refractivity contribution in [3.63, 3.8) is 0 Å². The lowest BCUT2D eigenvalue weighted by Gasteiger charge is -2.10. The number of aliphatic hydroxyl groups is 1. The van der Waals surface area contributed by atoms with Crippen molar-refractivity contribution in [1.29, 1.82) is 0 Å². The van der Waals surface area contributed by atoms with Gasteiger partial charge in [-0.3, -0.25) is 15.6 Å². The average molecular weight is 577 g/mol. The highest BCUT2D eigenvalue weighted by Crippen LogP contribution is 2.21. The number of aryl methyl sites for hydroxylation is 1. The summed E-state index contributed by atoms with van der Waals surface area (Å²) in [5, 5.41) is 12.5. The molecule has 10 heteroatoms. The van der Waals surface area contributed by atoms with E-state index in [-0.39, 0.29) is 23.1 Å². The Balaban J connectivity index is 0.000000675. The molecule has 0 aliphatic heterocycles. The van der Waals surface area contributed by atoms with Crippen LogP contribution >= 0.6 is 0 Å². The van der Waals surface area contributed by atoms with Crippen molar-refractivity contribution in [2.24, 2.45) is 5.92 Å². The first-order valence-corrected chi connectivity index (χ1v) is 13.8. The maximum Gasteiger partial charge on any atom is 0.288 e. The molecule has 0 radical (unpaired) electrons. The van der Waals surface area contributed by atoms with Gasteiger partial charge in [-0.25, -0.2) is 19.3 Å². The zero-order chi connectivity index (χ0) is 30.9. The van der Waals surface area contributed by atoms with Crippen LogP contribution in [-0.2, 0) is 4.74 Å². The highest BCUT2D eigenvalue weighted by Gasteiger charge is 2.09. The number of hydrogen-bond donors (Lipinski definition) is 4. The van der Waals surface area contributed by atoms with Crippen LogP contribution in [0.4, 0.5) is 21.7 Å². The molecule has 0 fully saturated rings. The molecule has 1 aromatic carbocycles. The molecule has 0 atom stereocenters. The van der Waals surface area contributed by atoms with Gasteiger partial charge in [-0.15, -0.1) is 0 Å². The van der Waals surface area contributed by atoms with E-state index in [2.05, 4.69) is 51.9 Å². The van der Waals surface area contributed by atoms with E-state index in [4.69, 9.17) is 4.74 Å². The number of amides is 1. The third kappa shape index (κ3) is 12.3. The molecule has 224 valence electrons. The summed E-state index contributed by atoms with van der Waals surface area (Å²) in [5.74, 6) is -0.00995. The Morgan fingerprint density at radius 1 is 1.10 bits per heavy atom. The molecule has 4 N–H and O–H groups in total. The molecule has 42 heavy (non-hydrogen) atoms. The molecule has 0 unspecified atom stereocenters. The number of rotatable bonds is 12. The van der Waals surface area contributed by atoms with E-state index >= 15 is 0 Å². The van der Waals surface area contributed by atoms with Gasteiger partial charge in [0.15, 0.2) is 5.82 Å². The van der Waals surface area contributed by atoms with E-state index in [9.17, 15) is 14.3 Å². The van der Waals surface area contributed by atoms with E-state index in [0.717, 1.165) is 42.7 Å². The minimum atomic E-state index is -0.527. The highest BCUT2D eigenvalue weighted by atomic mass is 19.1. The second-order valence-corrected chi connectivity index (χ2v) is 9.72. The molecule has 0 aliphatic carbocycles. The monoisotopic (exact) mass is 576 g/mol. The SMILES string of the molecule is CCCOCC(C)C.C\C=C(/C=C\C=C(/C)O)c1ccc(Nc2ccc(C(=O)NNc3ncc(F)c(C)n3)nc2)cc1. The van der Waals surface area contributed by atoms with Crippen LogP contribution < -0.4 is 16.2 Å². The zero-order valence-electron chi connectivity index (χ0n) is 25.1. The van der Waals surface area contributed by atoms with Crippen LogP contribution in [0.25, 0.3) is 5.57 Å². The first kappa shape index (κ1) is 33.6. The molecule has 2 heterocycles.